The first-order valence-electron chi connectivity index (χ1n) is 5.66. The molecule has 2 rings (SSSR count). The van der Waals surface area contributed by atoms with Gasteiger partial charge in [0.15, 0.2) is 0 Å². The van der Waals surface area contributed by atoms with Gasteiger partial charge in [0.1, 0.15) is 5.75 Å². The predicted molar refractivity (Wildman–Crippen MR) is 68.5 cm³/mol. The molecule has 0 amide bonds. The SMILES string of the molecule is CC(Oc1ccccc1)(C(=O)O)c1ccccc1. The summed E-state index contributed by atoms with van der Waals surface area (Å²) in [5.41, 5.74) is -0.774. The van der Waals surface area contributed by atoms with Gasteiger partial charge in [0, 0.05) is 5.56 Å². The van der Waals surface area contributed by atoms with Gasteiger partial charge in [0.05, 0.1) is 0 Å². The molecule has 2 aromatic carbocycles. The molecule has 0 aliphatic heterocycles. The van der Waals surface area contributed by atoms with E-state index in [9.17, 15) is 9.90 Å². The summed E-state index contributed by atoms with van der Waals surface area (Å²) in [6, 6.07) is 17.9. The van der Waals surface area contributed by atoms with Gasteiger partial charge < -0.3 is 9.84 Å². The molecule has 2 aromatic rings. The number of hydrogen-bond acceptors (Lipinski definition) is 2. The maximum atomic E-state index is 11.5. The monoisotopic (exact) mass is 242 g/mol. The number of carbonyl (C=O) groups is 1. The molecule has 18 heavy (non-hydrogen) atoms. The fourth-order valence-electron chi connectivity index (χ4n) is 1.71. The predicted octanol–water partition coefficient (Wildman–Crippen LogP) is 3.07. The fraction of sp³-hybridized carbons (Fsp3) is 0.133. The van der Waals surface area contributed by atoms with Crippen molar-refractivity contribution < 1.29 is 14.6 Å². The molecule has 3 nitrogen and oxygen atoms in total. The van der Waals surface area contributed by atoms with Gasteiger partial charge in [0.25, 0.3) is 0 Å². The standard InChI is InChI=1S/C15H14O3/c1-15(14(16)17,12-8-4-2-5-9-12)18-13-10-6-3-7-11-13/h2-11H,1H3,(H,16,17). The minimum atomic E-state index is -1.39. The molecule has 3 heteroatoms. The molecule has 92 valence electrons. The van der Waals surface area contributed by atoms with Crippen LogP contribution in [0.1, 0.15) is 12.5 Å². The van der Waals surface area contributed by atoms with Crippen molar-refractivity contribution in [2.24, 2.45) is 0 Å². The smallest absolute Gasteiger partial charge is 0.352 e. The van der Waals surface area contributed by atoms with E-state index in [1.807, 2.05) is 24.3 Å². The second-order valence-corrected chi connectivity index (χ2v) is 4.12. The lowest BCUT2D eigenvalue weighted by Crippen LogP contribution is -2.38. The Labute approximate surface area is 106 Å². The summed E-state index contributed by atoms with van der Waals surface area (Å²) in [6.07, 6.45) is 0. The van der Waals surface area contributed by atoms with Crippen LogP contribution in [0.2, 0.25) is 0 Å². The molecule has 0 aliphatic rings. The van der Waals surface area contributed by atoms with Crippen LogP contribution in [-0.4, -0.2) is 11.1 Å². The van der Waals surface area contributed by atoms with Crippen LogP contribution in [0.25, 0.3) is 0 Å². The maximum Gasteiger partial charge on any atom is 0.352 e. The van der Waals surface area contributed by atoms with Gasteiger partial charge >= 0.3 is 5.97 Å². The molecule has 1 unspecified atom stereocenters. The third kappa shape index (κ3) is 2.35. The van der Waals surface area contributed by atoms with E-state index < -0.39 is 11.6 Å². The van der Waals surface area contributed by atoms with Crippen molar-refractivity contribution in [1.29, 1.82) is 0 Å². The molecule has 0 spiro atoms. The van der Waals surface area contributed by atoms with Crippen molar-refractivity contribution in [1.82, 2.24) is 0 Å². The molecule has 0 bridgehead atoms. The number of carboxylic acid groups (broad SMARTS) is 1. The lowest BCUT2D eigenvalue weighted by molar-refractivity contribution is -0.154. The van der Waals surface area contributed by atoms with Gasteiger partial charge in [-0.2, -0.15) is 0 Å². The normalized spacial score (nSPS) is 13.6. The lowest BCUT2D eigenvalue weighted by Gasteiger charge is -2.26. The first kappa shape index (κ1) is 12.2. The van der Waals surface area contributed by atoms with E-state index in [1.165, 1.54) is 0 Å². The van der Waals surface area contributed by atoms with Crippen LogP contribution in [0.15, 0.2) is 60.7 Å². The number of hydrogen-bond donors (Lipinski definition) is 1. The van der Waals surface area contributed by atoms with Crippen molar-refractivity contribution in [3.8, 4) is 5.75 Å². The van der Waals surface area contributed by atoms with Crippen molar-refractivity contribution >= 4 is 5.97 Å². The van der Waals surface area contributed by atoms with Crippen LogP contribution in [0.4, 0.5) is 0 Å². The number of benzene rings is 2. The molecule has 0 radical (unpaired) electrons. The molecule has 0 heterocycles. The molecular formula is C15H14O3. The molecule has 1 atom stereocenters. The second-order valence-electron chi connectivity index (χ2n) is 4.12. The molecule has 0 aliphatic carbocycles. The van der Waals surface area contributed by atoms with E-state index in [4.69, 9.17) is 4.74 Å². The zero-order chi connectivity index (χ0) is 13.0. The first-order chi connectivity index (χ1) is 8.63. The molecular weight excluding hydrogens is 228 g/mol. The summed E-state index contributed by atoms with van der Waals surface area (Å²) in [5, 5.41) is 9.42. The number of ether oxygens (including phenoxy) is 1. The third-order valence-electron chi connectivity index (χ3n) is 2.80. The number of carboxylic acids is 1. The maximum absolute atomic E-state index is 11.5. The average Bonchev–Trinajstić information content (AvgIpc) is 2.40. The van der Waals surface area contributed by atoms with Crippen molar-refractivity contribution in [2.45, 2.75) is 12.5 Å². The number of aliphatic carboxylic acids is 1. The lowest BCUT2D eigenvalue weighted by atomic mass is 9.96. The molecule has 0 fully saturated rings. The molecule has 1 N–H and O–H groups in total. The molecule has 0 aromatic heterocycles. The molecule has 0 saturated heterocycles. The van der Waals surface area contributed by atoms with E-state index in [1.54, 1.807) is 43.3 Å². The van der Waals surface area contributed by atoms with Crippen LogP contribution in [0.3, 0.4) is 0 Å². The molecule has 0 saturated carbocycles. The van der Waals surface area contributed by atoms with Gasteiger partial charge in [-0.1, -0.05) is 48.5 Å². The Morgan fingerprint density at radius 2 is 1.50 bits per heavy atom. The highest BCUT2D eigenvalue weighted by Crippen LogP contribution is 2.28. The third-order valence-corrected chi connectivity index (χ3v) is 2.80. The number of para-hydroxylation sites is 1. The Kier molecular flexibility index (Phi) is 3.33. The first-order valence-corrected chi connectivity index (χ1v) is 5.66. The van der Waals surface area contributed by atoms with Gasteiger partial charge in [0.2, 0.25) is 5.60 Å². The Morgan fingerprint density at radius 1 is 1.00 bits per heavy atom. The van der Waals surface area contributed by atoms with Crippen LogP contribution in [0, 0.1) is 0 Å². The summed E-state index contributed by atoms with van der Waals surface area (Å²) < 4.78 is 5.65. The Balaban J connectivity index is 2.37. The minimum Gasteiger partial charge on any atom is -0.478 e. The van der Waals surface area contributed by atoms with Gasteiger partial charge in [-0.25, -0.2) is 4.79 Å². The van der Waals surface area contributed by atoms with E-state index in [2.05, 4.69) is 0 Å². The highest BCUT2D eigenvalue weighted by atomic mass is 16.5. The van der Waals surface area contributed by atoms with Crippen LogP contribution >= 0.6 is 0 Å². The summed E-state index contributed by atoms with van der Waals surface area (Å²) in [5.74, 6) is -0.483. The van der Waals surface area contributed by atoms with Gasteiger partial charge in [-0.05, 0) is 19.1 Å². The zero-order valence-corrected chi connectivity index (χ0v) is 10.0. The number of rotatable bonds is 4. The van der Waals surface area contributed by atoms with Crippen LogP contribution < -0.4 is 4.74 Å². The van der Waals surface area contributed by atoms with E-state index in [0.717, 1.165) is 0 Å². The summed E-state index contributed by atoms with van der Waals surface area (Å²) >= 11 is 0. The highest BCUT2D eigenvalue weighted by Gasteiger charge is 2.37. The van der Waals surface area contributed by atoms with E-state index in [0.29, 0.717) is 11.3 Å². The van der Waals surface area contributed by atoms with Crippen LogP contribution in [-0.2, 0) is 10.4 Å². The fourth-order valence-corrected chi connectivity index (χ4v) is 1.71. The van der Waals surface area contributed by atoms with E-state index in [-0.39, 0.29) is 0 Å². The second kappa shape index (κ2) is 4.92. The highest BCUT2D eigenvalue weighted by molar-refractivity contribution is 5.79. The van der Waals surface area contributed by atoms with E-state index >= 15 is 0 Å². The Morgan fingerprint density at radius 3 is 2.00 bits per heavy atom. The summed E-state index contributed by atoms with van der Waals surface area (Å²) in [7, 11) is 0. The topological polar surface area (TPSA) is 46.5 Å². The van der Waals surface area contributed by atoms with Gasteiger partial charge in [-0.15, -0.1) is 0 Å². The quantitative estimate of drug-likeness (QED) is 0.896. The minimum absolute atomic E-state index is 0.534. The van der Waals surface area contributed by atoms with Crippen LogP contribution in [0.5, 0.6) is 5.75 Å². The summed E-state index contributed by atoms with van der Waals surface area (Å²) in [6.45, 7) is 1.55. The Bertz CT molecular complexity index is 522. The Hall–Kier alpha value is -2.29. The van der Waals surface area contributed by atoms with Crippen molar-refractivity contribution in [2.75, 3.05) is 0 Å². The zero-order valence-electron chi connectivity index (χ0n) is 10.0. The summed E-state index contributed by atoms with van der Waals surface area (Å²) in [4.78, 5) is 11.5. The van der Waals surface area contributed by atoms with Crippen molar-refractivity contribution in [3.63, 3.8) is 0 Å². The largest absolute Gasteiger partial charge is 0.478 e. The van der Waals surface area contributed by atoms with Gasteiger partial charge in [-0.3, -0.25) is 0 Å². The average molecular weight is 242 g/mol. The van der Waals surface area contributed by atoms with Crippen molar-refractivity contribution in [3.05, 3.63) is 66.2 Å².